The van der Waals surface area contributed by atoms with Crippen molar-refractivity contribution in [3.63, 3.8) is 0 Å². The molecule has 6 nitrogen and oxygen atoms in total. The Kier molecular flexibility index (Phi) is 6.87. The largest absolute Gasteiger partial charge is 0.393 e. The third-order valence-corrected chi connectivity index (χ3v) is 3.87. The number of nitrogens with zero attached hydrogens (tertiary/aromatic N) is 2. The van der Waals surface area contributed by atoms with Gasteiger partial charge in [-0.1, -0.05) is 12.2 Å². The normalized spacial score (nSPS) is 19.6. The Morgan fingerprint density at radius 2 is 2.05 bits per heavy atom. The van der Waals surface area contributed by atoms with Gasteiger partial charge in [-0.15, -0.1) is 0 Å². The lowest BCUT2D eigenvalue weighted by Crippen LogP contribution is -2.42. The van der Waals surface area contributed by atoms with Crippen LogP contribution >= 0.6 is 12.2 Å². The molecule has 1 aliphatic rings. The Labute approximate surface area is 125 Å². The summed E-state index contributed by atoms with van der Waals surface area (Å²) >= 11 is 4.79. The summed E-state index contributed by atoms with van der Waals surface area (Å²) in [6.45, 7) is 2.81. The Morgan fingerprint density at radius 3 is 2.65 bits per heavy atom. The summed E-state index contributed by atoms with van der Waals surface area (Å²) in [7, 11) is 1.75. The van der Waals surface area contributed by atoms with Gasteiger partial charge in [0, 0.05) is 39.5 Å². The van der Waals surface area contributed by atoms with Gasteiger partial charge in [-0.05, 0) is 19.4 Å². The fourth-order valence-corrected chi connectivity index (χ4v) is 2.43. The maximum atomic E-state index is 11.9. The fraction of sp³-hybridized carbons (Fsp3) is 0.769. The minimum atomic E-state index is -0.241. The Hall–Kier alpha value is -1.21. The molecule has 1 atom stereocenters. The molecule has 0 aliphatic carbocycles. The van der Waals surface area contributed by atoms with Crippen molar-refractivity contribution in [2.45, 2.75) is 25.7 Å². The van der Waals surface area contributed by atoms with Crippen molar-refractivity contribution in [3.05, 3.63) is 0 Å². The summed E-state index contributed by atoms with van der Waals surface area (Å²) in [5, 5.41) is 0. The van der Waals surface area contributed by atoms with E-state index in [4.69, 9.17) is 23.7 Å². The second-order valence-corrected chi connectivity index (χ2v) is 5.85. The highest BCUT2D eigenvalue weighted by Crippen LogP contribution is 2.16. The van der Waals surface area contributed by atoms with Gasteiger partial charge in [-0.2, -0.15) is 0 Å². The summed E-state index contributed by atoms with van der Waals surface area (Å²) in [5.74, 6) is -0.247. The predicted molar refractivity (Wildman–Crippen MR) is 82.0 cm³/mol. The van der Waals surface area contributed by atoms with Gasteiger partial charge in [-0.3, -0.25) is 9.59 Å². The van der Waals surface area contributed by atoms with E-state index in [0.717, 1.165) is 19.4 Å². The standard InChI is InChI=1S/C13H24N4O2S/c1-16(7-4-11(14)20)12(18)5-8-17-6-2-3-10(9-17)13(15)19/h10H,2-9H2,1H3,(H2,14,20)(H2,15,19). The lowest BCUT2D eigenvalue weighted by molar-refractivity contribution is -0.130. The van der Waals surface area contributed by atoms with Gasteiger partial charge < -0.3 is 21.3 Å². The van der Waals surface area contributed by atoms with Crippen molar-refractivity contribution in [2.75, 3.05) is 33.2 Å². The minimum Gasteiger partial charge on any atom is -0.393 e. The number of amides is 2. The third kappa shape index (κ3) is 5.83. The molecule has 1 heterocycles. The Balaban J connectivity index is 2.29. The SMILES string of the molecule is CN(CCC(N)=S)C(=O)CCN1CCCC(C(N)=O)C1. The molecule has 7 heteroatoms. The third-order valence-electron chi connectivity index (χ3n) is 3.67. The first-order valence-corrected chi connectivity index (χ1v) is 7.35. The van der Waals surface area contributed by atoms with Crippen LogP contribution in [0.5, 0.6) is 0 Å². The van der Waals surface area contributed by atoms with Gasteiger partial charge in [0.05, 0.1) is 10.9 Å². The van der Waals surface area contributed by atoms with E-state index in [1.165, 1.54) is 0 Å². The lowest BCUT2D eigenvalue weighted by Gasteiger charge is -2.31. The van der Waals surface area contributed by atoms with Crippen LogP contribution in [0.15, 0.2) is 0 Å². The molecule has 114 valence electrons. The maximum absolute atomic E-state index is 11.9. The molecule has 0 bridgehead atoms. The number of primary amides is 1. The van der Waals surface area contributed by atoms with E-state index in [-0.39, 0.29) is 17.7 Å². The first-order chi connectivity index (χ1) is 9.40. The molecule has 20 heavy (non-hydrogen) atoms. The fourth-order valence-electron chi connectivity index (χ4n) is 2.34. The molecule has 0 spiro atoms. The first-order valence-electron chi connectivity index (χ1n) is 6.94. The molecule has 1 fully saturated rings. The van der Waals surface area contributed by atoms with Crippen molar-refractivity contribution >= 4 is 29.0 Å². The van der Waals surface area contributed by atoms with Gasteiger partial charge in [0.15, 0.2) is 0 Å². The van der Waals surface area contributed by atoms with Crippen molar-refractivity contribution < 1.29 is 9.59 Å². The second-order valence-electron chi connectivity index (χ2n) is 5.32. The minimum absolute atomic E-state index is 0.0717. The zero-order valence-corrected chi connectivity index (χ0v) is 12.8. The summed E-state index contributed by atoms with van der Waals surface area (Å²) in [6.07, 6.45) is 2.80. The van der Waals surface area contributed by atoms with Crippen LogP contribution in [0.2, 0.25) is 0 Å². The highest BCUT2D eigenvalue weighted by atomic mass is 32.1. The highest BCUT2D eigenvalue weighted by molar-refractivity contribution is 7.80. The van der Waals surface area contributed by atoms with Gasteiger partial charge in [0.1, 0.15) is 0 Å². The average molecular weight is 300 g/mol. The summed E-state index contributed by atoms with van der Waals surface area (Å²) < 4.78 is 0. The quantitative estimate of drug-likeness (QED) is 0.630. The number of thiocarbonyl (C=S) groups is 1. The monoisotopic (exact) mass is 300 g/mol. The molecule has 0 aromatic carbocycles. The number of rotatable bonds is 7. The summed E-state index contributed by atoms with van der Waals surface area (Å²) in [5.41, 5.74) is 10.8. The smallest absolute Gasteiger partial charge is 0.223 e. The molecule has 2 amide bonds. The van der Waals surface area contributed by atoms with Crippen LogP contribution < -0.4 is 11.5 Å². The van der Waals surface area contributed by atoms with Crippen LogP contribution in [0.25, 0.3) is 0 Å². The number of hydrogen-bond acceptors (Lipinski definition) is 4. The number of carbonyl (C=O) groups is 2. The molecular weight excluding hydrogens is 276 g/mol. The molecule has 4 N–H and O–H groups in total. The van der Waals surface area contributed by atoms with Gasteiger partial charge >= 0.3 is 0 Å². The van der Waals surface area contributed by atoms with Gasteiger partial charge in [0.2, 0.25) is 11.8 Å². The zero-order chi connectivity index (χ0) is 15.1. The predicted octanol–water partition coefficient (Wildman–Crippen LogP) is -0.292. The molecular formula is C13H24N4O2S. The van der Waals surface area contributed by atoms with E-state index in [9.17, 15) is 9.59 Å². The number of hydrogen-bond donors (Lipinski definition) is 2. The Morgan fingerprint density at radius 1 is 1.35 bits per heavy atom. The van der Waals surface area contributed by atoms with E-state index in [1.54, 1.807) is 11.9 Å². The second kappa shape index (κ2) is 8.16. The van der Waals surface area contributed by atoms with Crippen molar-refractivity contribution in [1.29, 1.82) is 0 Å². The number of piperidine rings is 1. The average Bonchev–Trinajstić information content (AvgIpc) is 2.42. The van der Waals surface area contributed by atoms with E-state index in [2.05, 4.69) is 4.90 Å². The van der Waals surface area contributed by atoms with Crippen molar-refractivity contribution in [2.24, 2.45) is 17.4 Å². The van der Waals surface area contributed by atoms with Crippen molar-refractivity contribution in [3.8, 4) is 0 Å². The Bertz CT molecular complexity index is 375. The molecule has 0 aromatic rings. The molecule has 1 aliphatic heterocycles. The highest BCUT2D eigenvalue weighted by Gasteiger charge is 2.24. The van der Waals surface area contributed by atoms with Gasteiger partial charge in [-0.25, -0.2) is 0 Å². The first kappa shape index (κ1) is 16.8. The van der Waals surface area contributed by atoms with Crippen LogP contribution in [-0.2, 0) is 9.59 Å². The molecule has 0 radical (unpaired) electrons. The number of nitrogens with two attached hydrogens (primary N) is 2. The van der Waals surface area contributed by atoms with Crippen LogP contribution in [0.1, 0.15) is 25.7 Å². The van der Waals surface area contributed by atoms with Crippen molar-refractivity contribution in [1.82, 2.24) is 9.80 Å². The van der Waals surface area contributed by atoms with Gasteiger partial charge in [0.25, 0.3) is 0 Å². The topological polar surface area (TPSA) is 92.7 Å². The van der Waals surface area contributed by atoms with E-state index in [0.29, 0.717) is 37.5 Å². The van der Waals surface area contributed by atoms with Crippen LogP contribution in [0.4, 0.5) is 0 Å². The van der Waals surface area contributed by atoms with E-state index in [1.807, 2.05) is 0 Å². The molecule has 0 saturated carbocycles. The molecule has 0 aromatic heterocycles. The van der Waals surface area contributed by atoms with Crippen LogP contribution in [0, 0.1) is 5.92 Å². The molecule has 1 rings (SSSR count). The van der Waals surface area contributed by atoms with E-state index >= 15 is 0 Å². The van der Waals surface area contributed by atoms with Crippen LogP contribution in [0.3, 0.4) is 0 Å². The molecule has 1 saturated heterocycles. The lowest BCUT2D eigenvalue weighted by atomic mass is 9.97. The maximum Gasteiger partial charge on any atom is 0.223 e. The molecule has 1 unspecified atom stereocenters. The summed E-state index contributed by atoms with van der Waals surface area (Å²) in [6, 6.07) is 0. The van der Waals surface area contributed by atoms with E-state index < -0.39 is 0 Å². The zero-order valence-electron chi connectivity index (χ0n) is 12.0. The van der Waals surface area contributed by atoms with Crippen LogP contribution in [-0.4, -0.2) is 59.8 Å². The number of likely N-dealkylation sites (tertiary alicyclic amines) is 1. The summed E-state index contributed by atoms with van der Waals surface area (Å²) in [4.78, 5) is 27.3. The number of carbonyl (C=O) groups excluding carboxylic acids is 2.